The molecular formula is C24H21N3O3. The molecular weight excluding hydrogens is 378 g/mol. The second kappa shape index (κ2) is 7.15. The first-order chi connectivity index (χ1) is 14.3. The molecule has 0 spiro atoms. The van der Waals surface area contributed by atoms with Crippen LogP contribution in [-0.2, 0) is 4.79 Å². The van der Waals surface area contributed by atoms with Gasteiger partial charge in [0, 0.05) is 35.1 Å². The quantitative estimate of drug-likeness (QED) is 0.444. The predicted molar refractivity (Wildman–Crippen MR) is 118 cm³/mol. The van der Waals surface area contributed by atoms with Crippen molar-refractivity contribution < 1.29 is 14.4 Å². The van der Waals surface area contributed by atoms with Crippen molar-refractivity contribution in [1.82, 2.24) is 0 Å². The lowest BCUT2D eigenvalue weighted by atomic mass is 9.81. The van der Waals surface area contributed by atoms with Gasteiger partial charge in [0.15, 0.2) is 11.6 Å². The summed E-state index contributed by atoms with van der Waals surface area (Å²) in [7, 11) is 0. The molecule has 30 heavy (non-hydrogen) atoms. The molecule has 0 unspecified atom stereocenters. The van der Waals surface area contributed by atoms with E-state index >= 15 is 0 Å². The Balaban J connectivity index is 1.86. The van der Waals surface area contributed by atoms with Crippen LogP contribution in [0.5, 0.6) is 0 Å². The highest BCUT2D eigenvalue weighted by Crippen LogP contribution is 2.38. The summed E-state index contributed by atoms with van der Waals surface area (Å²) in [5.41, 5.74) is 11.2. The summed E-state index contributed by atoms with van der Waals surface area (Å²) in [4.78, 5) is 37.9. The molecule has 6 heteroatoms. The molecule has 0 radical (unpaired) electrons. The zero-order chi connectivity index (χ0) is 21.6. The van der Waals surface area contributed by atoms with E-state index in [0.717, 1.165) is 5.56 Å². The second-order valence-corrected chi connectivity index (χ2v) is 7.44. The Morgan fingerprint density at radius 1 is 0.833 bits per heavy atom. The summed E-state index contributed by atoms with van der Waals surface area (Å²) in [5.74, 6) is -0.677. The van der Waals surface area contributed by atoms with Gasteiger partial charge in [-0.2, -0.15) is 0 Å². The van der Waals surface area contributed by atoms with Gasteiger partial charge >= 0.3 is 0 Å². The number of amides is 1. The van der Waals surface area contributed by atoms with Gasteiger partial charge in [0.1, 0.15) is 0 Å². The molecule has 0 atom stereocenters. The normalized spacial score (nSPS) is 12.2. The number of anilines is 4. The maximum absolute atomic E-state index is 13.3. The number of fused-ring (bicyclic) bond motifs is 2. The van der Waals surface area contributed by atoms with E-state index in [2.05, 4.69) is 10.6 Å². The number of nitrogens with two attached hydrogens (primary N) is 1. The van der Waals surface area contributed by atoms with E-state index < -0.39 is 0 Å². The summed E-state index contributed by atoms with van der Waals surface area (Å²) in [6, 6.07) is 14.0. The maximum atomic E-state index is 13.3. The van der Waals surface area contributed by atoms with Crippen molar-refractivity contribution in [1.29, 1.82) is 0 Å². The van der Waals surface area contributed by atoms with Gasteiger partial charge in [-0.3, -0.25) is 14.4 Å². The second-order valence-electron chi connectivity index (χ2n) is 7.44. The van der Waals surface area contributed by atoms with Gasteiger partial charge in [-0.05, 0) is 43.2 Å². The number of aryl methyl sites for hydroxylation is 2. The molecule has 4 N–H and O–H groups in total. The standard InChI is InChI=1S/C24H21N3O3/c1-12-8-9-15(11-18(12)26-14(3)28)27-19-10-13(2)22(25)21-20(19)23(29)16-6-4-5-7-17(16)24(21)30/h4-11,27H,25H2,1-3H3,(H,26,28). The summed E-state index contributed by atoms with van der Waals surface area (Å²) < 4.78 is 0. The zero-order valence-corrected chi connectivity index (χ0v) is 16.9. The van der Waals surface area contributed by atoms with Crippen molar-refractivity contribution in [3.8, 4) is 0 Å². The fourth-order valence-electron chi connectivity index (χ4n) is 3.73. The summed E-state index contributed by atoms with van der Waals surface area (Å²) in [6.45, 7) is 5.14. The van der Waals surface area contributed by atoms with Gasteiger partial charge in [-0.15, -0.1) is 0 Å². The third-order valence-corrected chi connectivity index (χ3v) is 5.27. The van der Waals surface area contributed by atoms with Crippen molar-refractivity contribution in [3.05, 3.63) is 81.9 Å². The van der Waals surface area contributed by atoms with Gasteiger partial charge in [-0.25, -0.2) is 0 Å². The van der Waals surface area contributed by atoms with Crippen LogP contribution in [0.3, 0.4) is 0 Å². The zero-order valence-electron chi connectivity index (χ0n) is 16.9. The fourth-order valence-corrected chi connectivity index (χ4v) is 3.73. The third-order valence-electron chi connectivity index (χ3n) is 5.27. The van der Waals surface area contributed by atoms with Crippen LogP contribution in [0.25, 0.3) is 0 Å². The molecule has 1 amide bonds. The number of carbonyl (C=O) groups is 3. The number of hydrogen-bond acceptors (Lipinski definition) is 5. The van der Waals surface area contributed by atoms with Crippen LogP contribution >= 0.6 is 0 Å². The smallest absolute Gasteiger partial charge is 0.221 e. The number of ketones is 2. The molecule has 0 aromatic heterocycles. The van der Waals surface area contributed by atoms with E-state index in [4.69, 9.17) is 5.73 Å². The van der Waals surface area contributed by atoms with Crippen molar-refractivity contribution in [3.63, 3.8) is 0 Å². The Kier molecular flexibility index (Phi) is 4.62. The molecule has 0 saturated heterocycles. The maximum Gasteiger partial charge on any atom is 0.221 e. The molecule has 150 valence electrons. The topological polar surface area (TPSA) is 101 Å². The minimum absolute atomic E-state index is 0.173. The van der Waals surface area contributed by atoms with Crippen LogP contribution < -0.4 is 16.4 Å². The molecule has 0 fully saturated rings. The molecule has 1 aliphatic carbocycles. The number of rotatable bonds is 3. The SMILES string of the molecule is CC(=O)Nc1cc(Nc2cc(C)c(N)c3c2C(=O)c2ccccc2C3=O)ccc1C. The molecule has 0 aliphatic heterocycles. The highest BCUT2D eigenvalue weighted by atomic mass is 16.1. The summed E-state index contributed by atoms with van der Waals surface area (Å²) in [6.07, 6.45) is 0. The molecule has 3 aromatic carbocycles. The van der Waals surface area contributed by atoms with Crippen LogP contribution in [0.1, 0.15) is 49.9 Å². The number of hydrogen-bond donors (Lipinski definition) is 3. The van der Waals surface area contributed by atoms with E-state index in [1.807, 2.05) is 19.1 Å². The lowest BCUT2D eigenvalue weighted by Crippen LogP contribution is -2.24. The Morgan fingerprint density at radius 3 is 2.10 bits per heavy atom. The third kappa shape index (κ3) is 3.12. The van der Waals surface area contributed by atoms with Crippen molar-refractivity contribution in [2.75, 3.05) is 16.4 Å². The highest BCUT2D eigenvalue weighted by molar-refractivity contribution is 6.32. The largest absolute Gasteiger partial charge is 0.398 e. The molecule has 6 nitrogen and oxygen atoms in total. The number of nitrogens with one attached hydrogen (secondary N) is 2. The first-order valence-electron chi connectivity index (χ1n) is 9.54. The monoisotopic (exact) mass is 399 g/mol. The van der Waals surface area contributed by atoms with Crippen LogP contribution in [-0.4, -0.2) is 17.5 Å². The predicted octanol–water partition coefficient (Wildman–Crippen LogP) is 4.36. The molecule has 0 heterocycles. The van der Waals surface area contributed by atoms with E-state index in [-0.39, 0.29) is 28.6 Å². The van der Waals surface area contributed by atoms with Crippen molar-refractivity contribution >= 4 is 40.2 Å². The van der Waals surface area contributed by atoms with E-state index in [9.17, 15) is 14.4 Å². The van der Waals surface area contributed by atoms with Gasteiger partial charge in [0.2, 0.25) is 5.91 Å². The number of nitrogen functional groups attached to an aromatic ring is 1. The molecule has 4 rings (SSSR count). The van der Waals surface area contributed by atoms with Gasteiger partial charge in [-0.1, -0.05) is 30.3 Å². The Hall–Kier alpha value is -3.93. The molecule has 0 saturated carbocycles. The Bertz CT molecular complexity index is 1240. The van der Waals surface area contributed by atoms with Gasteiger partial charge in [0.05, 0.1) is 16.8 Å². The lowest BCUT2D eigenvalue weighted by Gasteiger charge is -2.23. The van der Waals surface area contributed by atoms with Gasteiger partial charge in [0.25, 0.3) is 0 Å². The van der Waals surface area contributed by atoms with Crippen LogP contribution in [0.2, 0.25) is 0 Å². The van der Waals surface area contributed by atoms with Crippen molar-refractivity contribution in [2.45, 2.75) is 20.8 Å². The highest BCUT2D eigenvalue weighted by Gasteiger charge is 2.34. The first kappa shape index (κ1) is 19.4. The van der Waals surface area contributed by atoms with E-state index in [0.29, 0.717) is 39.4 Å². The average molecular weight is 399 g/mol. The lowest BCUT2D eigenvalue weighted by molar-refractivity contribution is -0.114. The Morgan fingerprint density at radius 2 is 1.47 bits per heavy atom. The molecule has 3 aromatic rings. The first-order valence-corrected chi connectivity index (χ1v) is 9.54. The fraction of sp³-hybridized carbons (Fsp3) is 0.125. The van der Waals surface area contributed by atoms with Crippen LogP contribution in [0.4, 0.5) is 22.7 Å². The van der Waals surface area contributed by atoms with Crippen molar-refractivity contribution in [2.24, 2.45) is 0 Å². The van der Waals surface area contributed by atoms with Gasteiger partial charge < -0.3 is 16.4 Å². The number of benzene rings is 3. The minimum atomic E-state index is -0.257. The average Bonchev–Trinajstić information content (AvgIpc) is 2.71. The molecule has 1 aliphatic rings. The number of carbonyl (C=O) groups excluding carboxylic acids is 3. The van der Waals surface area contributed by atoms with Crippen LogP contribution in [0.15, 0.2) is 48.5 Å². The molecule has 0 bridgehead atoms. The van der Waals surface area contributed by atoms with E-state index in [1.54, 1.807) is 43.3 Å². The Labute approximate surface area is 174 Å². The summed E-state index contributed by atoms with van der Waals surface area (Å²) >= 11 is 0. The minimum Gasteiger partial charge on any atom is -0.398 e. The van der Waals surface area contributed by atoms with Crippen LogP contribution in [0, 0.1) is 13.8 Å². The van der Waals surface area contributed by atoms with E-state index in [1.165, 1.54) is 6.92 Å². The summed E-state index contributed by atoms with van der Waals surface area (Å²) in [5, 5.41) is 6.03.